The first-order valence-electron chi connectivity index (χ1n) is 10.8. The third-order valence-electron chi connectivity index (χ3n) is 5.84. The quantitative estimate of drug-likeness (QED) is 0.583. The van der Waals surface area contributed by atoms with Crippen LogP contribution in [0.1, 0.15) is 25.3 Å². The molecule has 0 aliphatic carbocycles. The lowest BCUT2D eigenvalue weighted by atomic mass is 10.1. The van der Waals surface area contributed by atoms with Gasteiger partial charge in [-0.2, -0.15) is 13.2 Å². The Labute approximate surface area is 180 Å². The summed E-state index contributed by atoms with van der Waals surface area (Å²) in [5.74, 6) is -0.352. The minimum absolute atomic E-state index is 0.00851. The lowest BCUT2D eigenvalue weighted by molar-refractivity contribution is -0.174. The van der Waals surface area contributed by atoms with Crippen LogP contribution in [0.5, 0.6) is 0 Å². The molecule has 0 saturated carbocycles. The minimum atomic E-state index is -4.29. The van der Waals surface area contributed by atoms with E-state index in [9.17, 15) is 22.8 Å². The van der Waals surface area contributed by atoms with E-state index in [1.807, 2.05) is 24.3 Å². The van der Waals surface area contributed by atoms with E-state index in [0.29, 0.717) is 45.7 Å². The molecule has 31 heavy (non-hydrogen) atoms. The van der Waals surface area contributed by atoms with Gasteiger partial charge in [-0.15, -0.1) is 0 Å². The number of benzene rings is 1. The summed E-state index contributed by atoms with van der Waals surface area (Å²) in [5.41, 5.74) is 2.03. The van der Waals surface area contributed by atoms with E-state index in [4.69, 9.17) is 0 Å². The lowest BCUT2D eigenvalue weighted by Gasteiger charge is -2.35. The van der Waals surface area contributed by atoms with Crippen molar-refractivity contribution in [2.75, 3.05) is 57.4 Å². The first kappa shape index (κ1) is 23.5. The minimum Gasteiger partial charge on any atom is -0.372 e. The van der Waals surface area contributed by atoms with Crippen molar-refractivity contribution < 1.29 is 27.5 Å². The molecule has 2 fully saturated rings. The predicted octanol–water partition coefficient (Wildman–Crippen LogP) is 2.72. The maximum Gasteiger partial charge on any atom is 0.411 e. The molecule has 3 rings (SSSR count). The normalized spacial score (nSPS) is 20.5. The molecule has 1 aromatic carbocycles. The van der Waals surface area contributed by atoms with Gasteiger partial charge in [-0.3, -0.25) is 14.5 Å². The first-order valence-corrected chi connectivity index (χ1v) is 10.8. The average Bonchev–Trinajstić information content (AvgIpc) is 3.14. The number of hydrogen-bond acceptors (Lipinski definition) is 4. The van der Waals surface area contributed by atoms with Crippen LogP contribution < -0.4 is 4.90 Å². The Kier molecular flexibility index (Phi) is 7.94. The first-order chi connectivity index (χ1) is 14.8. The van der Waals surface area contributed by atoms with Crippen molar-refractivity contribution in [3.05, 3.63) is 29.8 Å². The highest BCUT2D eigenvalue weighted by Gasteiger charge is 2.37. The van der Waals surface area contributed by atoms with Crippen LogP contribution in [0.25, 0.3) is 0 Å². The average molecular weight is 441 g/mol. The zero-order chi connectivity index (χ0) is 22.4. The summed E-state index contributed by atoms with van der Waals surface area (Å²) in [6.45, 7) is 4.46. The molecule has 172 valence electrons. The molecule has 6 nitrogen and oxygen atoms in total. The molecule has 0 aromatic heterocycles. The molecule has 2 aliphatic heterocycles. The van der Waals surface area contributed by atoms with E-state index < -0.39 is 12.8 Å². The van der Waals surface area contributed by atoms with Gasteiger partial charge >= 0.3 is 6.18 Å². The maximum absolute atomic E-state index is 12.9. The Morgan fingerprint density at radius 1 is 1.13 bits per heavy atom. The van der Waals surface area contributed by atoms with Gasteiger partial charge in [0.25, 0.3) is 0 Å². The SMILES string of the molecule is CCc1ccc(N2C[C@H](C(=O)N3CCN(CCCOCC(F)(F)F)CC3)CC2=O)cc1. The molecule has 2 saturated heterocycles. The fourth-order valence-electron chi connectivity index (χ4n) is 4.06. The molecule has 1 atom stereocenters. The lowest BCUT2D eigenvalue weighted by Crippen LogP contribution is -2.50. The van der Waals surface area contributed by atoms with E-state index in [1.165, 1.54) is 5.56 Å². The molecular formula is C22H30F3N3O3. The van der Waals surface area contributed by atoms with E-state index in [2.05, 4.69) is 16.6 Å². The Bertz CT molecular complexity index is 747. The third-order valence-corrected chi connectivity index (χ3v) is 5.84. The number of carbonyl (C=O) groups excluding carboxylic acids is 2. The fraction of sp³-hybridized carbons (Fsp3) is 0.636. The molecule has 0 radical (unpaired) electrons. The monoisotopic (exact) mass is 441 g/mol. The Morgan fingerprint density at radius 3 is 2.42 bits per heavy atom. The zero-order valence-corrected chi connectivity index (χ0v) is 17.9. The summed E-state index contributed by atoms with van der Waals surface area (Å²) in [7, 11) is 0. The van der Waals surface area contributed by atoms with Crippen LogP contribution in [0.4, 0.5) is 18.9 Å². The highest BCUT2D eigenvalue weighted by molar-refractivity contribution is 6.00. The number of halogens is 3. The number of anilines is 1. The van der Waals surface area contributed by atoms with Crippen LogP contribution in [0.3, 0.4) is 0 Å². The van der Waals surface area contributed by atoms with Crippen LogP contribution in [-0.4, -0.2) is 80.3 Å². The molecule has 2 amide bonds. The van der Waals surface area contributed by atoms with Crippen LogP contribution >= 0.6 is 0 Å². The fourth-order valence-corrected chi connectivity index (χ4v) is 4.06. The van der Waals surface area contributed by atoms with E-state index in [0.717, 1.165) is 12.1 Å². The Morgan fingerprint density at radius 2 is 1.81 bits per heavy atom. The number of carbonyl (C=O) groups is 2. The highest BCUT2D eigenvalue weighted by atomic mass is 19.4. The van der Waals surface area contributed by atoms with Crippen molar-refractivity contribution >= 4 is 17.5 Å². The van der Waals surface area contributed by atoms with Crippen LogP contribution in [0.2, 0.25) is 0 Å². The molecule has 0 N–H and O–H groups in total. The summed E-state index contributed by atoms with van der Waals surface area (Å²) in [6.07, 6.45) is -2.61. The van der Waals surface area contributed by atoms with Gasteiger partial charge in [0.2, 0.25) is 11.8 Å². The van der Waals surface area contributed by atoms with Crippen molar-refractivity contribution in [3.8, 4) is 0 Å². The topological polar surface area (TPSA) is 53.1 Å². The molecule has 0 bridgehead atoms. The number of nitrogens with zero attached hydrogens (tertiary/aromatic N) is 3. The third kappa shape index (κ3) is 6.67. The zero-order valence-electron chi connectivity index (χ0n) is 17.9. The predicted molar refractivity (Wildman–Crippen MR) is 111 cm³/mol. The second kappa shape index (κ2) is 10.5. The van der Waals surface area contributed by atoms with Crippen molar-refractivity contribution in [2.24, 2.45) is 5.92 Å². The number of alkyl halides is 3. The molecule has 0 spiro atoms. The maximum atomic E-state index is 12.9. The summed E-state index contributed by atoms with van der Waals surface area (Å²) in [4.78, 5) is 31.0. The van der Waals surface area contributed by atoms with E-state index in [1.54, 1.807) is 9.80 Å². The van der Waals surface area contributed by atoms with Crippen molar-refractivity contribution in [2.45, 2.75) is 32.4 Å². The number of hydrogen-bond donors (Lipinski definition) is 0. The molecule has 1 aromatic rings. The van der Waals surface area contributed by atoms with Gasteiger partial charge < -0.3 is 14.5 Å². The highest BCUT2D eigenvalue weighted by Crippen LogP contribution is 2.27. The molecule has 2 heterocycles. The second-order valence-corrected chi connectivity index (χ2v) is 8.11. The number of rotatable bonds is 8. The summed E-state index contributed by atoms with van der Waals surface area (Å²) >= 11 is 0. The van der Waals surface area contributed by atoms with E-state index >= 15 is 0 Å². The van der Waals surface area contributed by atoms with Gasteiger partial charge in [0.15, 0.2) is 0 Å². The van der Waals surface area contributed by atoms with Crippen LogP contribution in [-0.2, 0) is 20.7 Å². The Balaban J connectivity index is 1.41. The largest absolute Gasteiger partial charge is 0.411 e. The molecular weight excluding hydrogens is 411 g/mol. The van der Waals surface area contributed by atoms with Gasteiger partial charge in [0, 0.05) is 58.0 Å². The molecule has 0 unspecified atom stereocenters. The number of aryl methyl sites for hydroxylation is 1. The van der Waals surface area contributed by atoms with Gasteiger partial charge in [0.05, 0.1) is 5.92 Å². The van der Waals surface area contributed by atoms with Gasteiger partial charge in [-0.05, 0) is 30.5 Å². The van der Waals surface area contributed by atoms with Crippen molar-refractivity contribution in [3.63, 3.8) is 0 Å². The van der Waals surface area contributed by atoms with Gasteiger partial charge in [0.1, 0.15) is 6.61 Å². The Hall–Kier alpha value is -2.13. The molecule has 2 aliphatic rings. The molecule has 9 heteroatoms. The number of ether oxygens (including phenoxy) is 1. The smallest absolute Gasteiger partial charge is 0.372 e. The van der Waals surface area contributed by atoms with Gasteiger partial charge in [-0.25, -0.2) is 0 Å². The summed E-state index contributed by atoms with van der Waals surface area (Å²) in [5, 5.41) is 0. The number of piperazine rings is 1. The summed E-state index contributed by atoms with van der Waals surface area (Å²) < 4.78 is 40.8. The van der Waals surface area contributed by atoms with Crippen LogP contribution in [0.15, 0.2) is 24.3 Å². The second-order valence-electron chi connectivity index (χ2n) is 8.11. The van der Waals surface area contributed by atoms with Crippen LogP contribution in [0, 0.1) is 5.92 Å². The van der Waals surface area contributed by atoms with Gasteiger partial charge in [-0.1, -0.05) is 19.1 Å². The standard InChI is InChI=1S/C22H30F3N3O3/c1-2-17-4-6-19(7-5-17)28-15-18(14-20(28)29)21(30)27-11-9-26(10-12-27)8-3-13-31-16-22(23,24)25/h4-7,18H,2-3,8-16H2,1H3/t18-/m1/s1. The number of amides is 2. The van der Waals surface area contributed by atoms with E-state index in [-0.39, 0.29) is 30.8 Å². The van der Waals surface area contributed by atoms with Crippen molar-refractivity contribution in [1.29, 1.82) is 0 Å². The van der Waals surface area contributed by atoms with Crippen molar-refractivity contribution in [1.82, 2.24) is 9.80 Å². The summed E-state index contributed by atoms with van der Waals surface area (Å²) in [6, 6.07) is 7.87.